The molecular weight excluding hydrogens is 248 g/mol. The fourth-order valence-electron chi connectivity index (χ4n) is 1.49. The second kappa shape index (κ2) is 6.38. The fourth-order valence-corrected chi connectivity index (χ4v) is 1.49. The normalized spacial score (nSPS) is 38.4. The first kappa shape index (κ1) is 15.2. The minimum atomic E-state index is -1.54. The van der Waals surface area contributed by atoms with Crippen molar-refractivity contribution < 1.29 is 34.7 Å². The van der Waals surface area contributed by atoms with Crippen LogP contribution in [0.3, 0.4) is 0 Å². The molecule has 1 fully saturated rings. The van der Waals surface area contributed by atoms with E-state index in [2.05, 4.69) is 0 Å². The lowest BCUT2D eigenvalue weighted by molar-refractivity contribution is -0.301. The molecule has 0 aromatic heterocycles. The van der Waals surface area contributed by atoms with E-state index < -0.39 is 49.3 Å². The molecular formula is C9H18N2O7. The summed E-state index contributed by atoms with van der Waals surface area (Å²) in [4.78, 5) is 10.7. The number of carbonyl (C=O) groups is 1. The Bertz CT molecular complexity index is 288. The Kier molecular flexibility index (Phi) is 5.41. The molecule has 6 atom stereocenters. The number of hydrogen-bond acceptors (Lipinski definition) is 8. The smallest absolute Gasteiger partial charge is 0.236 e. The summed E-state index contributed by atoms with van der Waals surface area (Å²) in [5.41, 5.74) is 10.2. The predicted octanol–water partition coefficient (Wildman–Crippen LogP) is -4.38. The summed E-state index contributed by atoms with van der Waals surface area (Å²) in [6.45, 7) is -0.884. The van der Waals surface area contributed by atoms with E-state index in [1.165, 1.54) is 0 Å². The van der Waals surface area contributed by atoms with E-state index in [1.807, 2.05) is 0 Å². The highest BCUT2D eigenvalue weighted by atomic mass is 16.7. The largest absolute Gasteiger partial charge is 0.394 e. The Morgan fingerprint density at radius 2 is 1.89 bits per heavy atom. The van der Waals surface area contributed by atoms with E-state index >= 15 is 0 Å². The number of primary amides is 1. The number of ether oxygens (including phenoxy) is 2. The molecule has 1 rings (SSSR count). The van der Waals surface area contributed by atoms with Crippen molar-refractivity contribution in [3.05, 3.63) is 0 Å². The Labute approximate surface area is 103 Å². The van der Waals surface area contributed by atoms with Crippen molar-refractivity contribution in [3.8, 4) is 0 Å². The van der Waals surface area contributed by atoms with Crippen LogP contribution in [0.5, 0.6) is 0 Å². The molecule has 1 heterocycles. The summed E-state index contributed by atoms with van der Waals surface area (Å²) in [6, 6.07) is -1.09. The number of aliphatic hydroxyl groups is 4. The molecule has 1 aliphatic rings. The van der Waals surface area contributed by atoms with Gasteiger partial charge in [-0.3, -0.25) is 4.79 Å². The van der Waals surface area contributed by atoms with Crippen LogP contribution in [0, 0.1) is 0 Å². The molecule has 0 aliphatic carbocycles. The summed E-state index contributed by atoms with van der Waals surface area (Å²) >= 11 is 0. The lowest BCUT2D eigenvalue weighted by atomic mass is 9.99. The van der Waals surface area contributed by atoms with Gasteiger partial charge in [0, 0.05) is 0 Å². The molecule has 0 saturated carbocycles. The molecule has 9 nitrogen and oxygen atoms in total. The van der Waals surface area contributed by atoms with Crippen molar-refractivity contribution in [2.45, 2.75) is 36.7 Å². The molecule has 1 saturated heterocycles. The zero-order valence-corrected chi connectivity index (χ0v) is 9.55. The maximum atomic E-state index is 10.7. The summed E-state index contributed by atoms with van der Waals surface area (Å²) < 4.78 is 10.0. The second-order valence-electron chi connectivity index (χ2n) is 4.04. The van der Waals surface area contributed by atoms with E-state index in [-0.39, 0.29) is 6.61 Å². The maximum Gasteiger partial charge on any atom is 0.236 e. The first-order valence-corrected chi connectivity index (χ1v) is 5.35. The van der Waals surface area contributed by atoms with E-state index in [4.69, 9.17) is 26.0 Å². The third-order valence-electron chi connectivity index (χ3n) is 2.65. The van der Waals surface area contributed by atoms with E-state index in [9.17, 15) is 20.1 Å². The van der Waals surface area contributed by atoms with Crippen LogP contribution >= 0.6 is 0 Å². The molecule has 18 heavy (non-hydrogen) atoms. The van der Waals surface area contributed by atoms with Crippen molar-refractivity contribution in [1.29, 1.82) is 0 Å². The van der Waals surface area contributed by atoms with Gasteiger partial charge in [-0.05, 0) is 0 Å². The number of amides is 1. The van der Waals surface area contributed by atoms with Gasteiger partial charge in [0.2, 0.25) is 5.91 Å². The zero-order valence-electron chi connectivity index (χ0n) is 9.55. The van der Waals surface area contributed by atoms with Gasteiger partial charge < -0.3 is 41.4 Å². The van der Waals surface area contributed by atoms with Crippen LogP contribution in [0.25, 0.3) is 0 Å². The highest BCUT2D eigenvalue weighted by Gasteiger charge is 2.44. The monoisotopic (exact) mass is 266 g/mol. The van der Waals surface area contributed by atoms with E-state index in [0.29, 0.717) is 0 Å². The SMILES string of the molecule is NC(=O)[C@@H](N)CO[C@H]1O[C@@H](CO)[C@H](O)[C@@H](O)[C@@H]1O. The Morgan fingerprint density at radius 3 is 2.39 bits per heavy atom. The number of aliphatic hydroxyl groups excluding tert-OH is 4. The summed E-state index contributed by atoms with van der Waals surface area (Å²) in [5.74, 6) is -0.792. The fraction of sp³-hybridized carbons (Fsp3) is 0.889. The Hall–Kier alpha value is -0.810. The predicted molar refractivity (Wildman–Crippen MR) is 56.9 cm³/mol. The van der Waals surface area contributed by atoms with Gasteiger partial charge in [0.1, 0.15) is 30.5 Å². The molecule has 9 heteroatoms. The summed E-state index contributed by atoms with van der Waals surface area (Å²) in [5, 5.41) is 37.4. The molecule has 0 aromatic carbocycles. The van der Waals surface area contributed by atoms with Crippen LogP contribution in [0.1, 0.15) is 0 Å². The standard InChI is InChI=1S/C9H18N2O7/c10-3(8(11)16)2-17-9-7(15)6(14)5(13)4(1-12)18-9/h3-7,9,12-15H,1-2,10H2,(H2,11,16)/t3-,4-,5-,6+,7-,9-/m0/s1. The first-order valence-electron chi connectivity index (χ1n) is 5.35. The van der Waals surface area contributed by atoms with Gasteiger partial charge in [-0.15, -0.1) is 0 Å². The van der Waals surface area contributed by atoms with Gasteiger partial charge in [0.15, 0.2) is 6.29 Å². The average Bonchev–Trinajstić information content (AvgIpc) is 2.34. The minimum Gasteiger partial charge on any atom is -0.394 e. The topological polar surface area (TPSA) is 168 Å². The quantitative estimate of drug-likeness (QED) is 0.290. The number of hydrogen-bond donors (Lipinski definition) is 6. The number of nitrogens with two attached hydrogens (primary N) is 2. The molecule has 0 unspecified atom stereocenters. The molecule has 106 valence electrons. The van der Waals surface area contributed by atoms with Crippen LogP contribution in [0.15, 0.2) is 0 Å². The molecule has 8 N–H and O–H groups in total. The van der Waals surface area contributed by atoms with Crippen molar-refractivity contribution in [2.24, 2.45) is 11.5 Å². The second-order valence-corrected chi connectivity index (χ2v) is 4.04. The van der Waals surface area contributed by atoms with Crippen molar-refractivity contribution in [3.63, 3.8) is 0 Å². The third kappa shape index (κ3) is 3.36. The summed E-state index contributed by atoms with van der Waals surface area (Å²) in [7, 11) is 0. The van der Waals surface area contributed by atoms with Crippen LogP contribution in [-0.2, 0) is 14.3 Å². The molecule has 0 spiro atoms. The van der Waals surface area contributed by atoms with Crippen molar-refractivity contribution in [1.82, 2.24) is 0 Å². The molecule has 0 radical (unpaired) electrons. The van der Waals surface area contributed by atoms with Crippen LogP contribution in [0.2, 0.25) is 0 Å². The van der Waals surface area contributed by atoms with Gasteiger partial charge in [-0.1, -0.05) is 0 Å². The average molecular weight is 266 g/mol. The lowest BCUT2D eigenvalue weighted by Gasteiger charge is -2.39. The number of rotatable bonds is 5. The summed E-state index contributed by atoms with van der Waals surface area (Å²) in [6.07, 6.45) is -6.91. The first-order chi connectivity index (χ1) is 8.38. The van der Waals surface area contributed by atoms with Gasteiger partial charge in [-0.2, -0.15) is 0 Å². The third-order valence-corrected chi connectivity index (χ3v) is 2.65. The number of carbonyl (C=O) groups excluding carboxylic acids is 1. The van der Waals surface area contributed by atoms with Crippen molar-refractivity contribution in [2.75, 3.05) is 13.2 Å². The zero-order chi connectivity index (χ0) is 13.9. The molecule has 1 amide bonds. The maximum absolute atomic E-state index is 10.7. The van der Waals surface area contributed by atoms with Crippen molar-refractivity contribution >= 4 is 5.91 Å². The van der Waals surface area contributed by atoms with Crippen LogP contribution in [0.4, 0.5) is 0 Å². The minimum absolute atomic E-state index is 0.321. The molecule has 0 bridgehead atoms. The van der Waals surface area contributed by atoms with Crippen LogP contribution < -0.4 is 11.5 Å². The van der Waals surface area contributed by atoms with E-state index in [1.54, 1.807) is 0 Å². The van der Waals surface area contributed by atoms with Gasteiger partial charge >= 0.3 is 0 Å². The van der Waals surface area contributed by atoms with Gasteiger partial charge in [0.25, 0.3) is 0 Å². The Balaban J connectivity index is 2.56. The molecule has 0 aromatic rings. The highest BCUT2D eigenvalue weighted by molar-refractivity contribution is 5.79. The highest BCUT2D eigenvalue weighted by Crippen LogP contribution is 2.21. The Morgan fingerprint density at radius 1 is 1.28 bits per heavy atom. The lowest BCUT2D eigenvalue weighted by Crippen LogP contribution is -2.59. The van der Waals surface area contributed by atoms with Gasteiger partial charge in [-0.25, -0.2) is 0 Å². The molecule has 1 aliphatic heterocycles. The van der Waals surface area contributed by atoms with Gasteiger partial charge in [0.05, 0.1) is 13.2 Å². The van der Waals surface area contributed by atoms with Crippen LogP contribution in [-0.4, -0.2) is 76.3 Å². The van der Waals surface area contributed by atoms with E-state index in [0.717, 1.165) is 0 Å².